The Bertz CT molecular complexity index is 474. The summed E-state index contributed by atoms with van der Waals surface area (Å²) in [5.41, 5.74) is 7.70. The largest absolute Gasteiger partial charge is 0.330 e. The van der Waals surface area contributed by atoms with E-state index in [0.29, 0.717) is 6.42 Å². The van der Waals surface area contributed by atoms with Crippen LogP contribution in [0.15, 0.2) is 24.3 Å². The summed E-state index contributed by atoms with van der Waals surface area (Å²) in [6, 6.07) is 8.34. The summed E-state index contributed by atoms with van der Waals surface area (Å²) >= 11 is 0. The number of anilines is 1. The Morgan fingerprint density at radius 1 is 0.923 bits per heavy atom. The molecular weight excluding hydrogens is 369 g/mol. The average Bonchev–Trinajstić information content (AvgIpc) is 2.85. The number of hydrogen-bond donors (Lipinski definition) is 2. The number of likely N-dealkylation sites (tertiary alicyclic amines) is 1. The van der Waals surface area contributed by atoms with E-state index >= 15 is 0 Å². The van der Waals surface area contributed by atoms with Gasteiger partial charge in [0.05, 0.1) is 0 Å². The van der Waals surface area contributed by atoms with Gasteiger partial charge < -0.3 is 11.1 Å². The lowest BCUT2D eigenvalue weighted by atomic mass is 10.1. The van der Waals surface area contributed by atoms with Crippen molar-refractivity contribution < 1.29 is 4.79 Å². The van der Waals surface area contributed by atoms with Crippen molar-refractivity contribution in [1.82, 2.24) is 4.90 Å². The maximum Gasteiger partial charge on any atom is 0.224 e. The fraction of sp³-hybridized carbons (Fsp3) is 0.650. The first-order valence-electron chi connectivity index (χ1n) is 9.59. The van der Waals surface area contributed by atoms with Crippen molar-refractivity contribution in [2.75, 3.05) is 25.0 Å². The number of amides is 1. The lowest BCUT2D eigenvalue weighted by Crippen LogP contribution is -2.23. The molecular formula is C20H35Cl2N3O. The van der Waals surface area contributed by atoms with E-state index in [1.54, 1.807) is 0 Å². The number of unbranched alkanes of at least 4 members (excludes halogenated alkanes) is 3. The van der Waals surface area contributed by atoms with E-state index in [1.165, 1.54) is 44.3 Å². The maximum absolute atomic E-state index is 11.9. The van der Waals surface area contributed by atoms with E-state index in [9.17, 15) is 4.79 Å². The van der Waals surface area contributed by atoms with Gasteiger partial charge in [-0.25, -0.2) is 0 Å². The maximum atomic E-state index is 11.9. The molecule has 0 saturated carbocycles. The summed E-state index contributed by atoms with van der Waals surface area (Å²) in [4.78, 5) is 14.5. The number of nitrogens with two attached hydrogens (primary N) is 1. The topological polar surface area (TPSA) is 58.4 Å². The summed E-state index contributed by atoms with van der Waals surface area (Å²) in [7, 11) is 0. The minimum atomic E-state index is 0. The van der Waals surface area contributed by atoms with E-state index in [-0.39, 0.29) is 30.7 Å². The molecule has 0 unspecified atom stereocenters. The number of hydrogen-bond acceptors (Lipinski definition) is 3. The first kappa shape index (κ1) is 25.2. The summed E-state index contributed by atoms with van der Waals surface area (Å²) in [6.07, 6.45) is 10.2. The number of nitrogens with one attached hydrogen (secondary N) is 1. The molecule has 26 heavy (non-hydrogen) atoms. The van der Waals surface area contributed by atoms with Gasteiger partial charge in [0, 0.05) is 18.7 Å². The number of halogens is 2. The molecule has 1 heterocycles. The second-order valence-electron chi connectivity index (χ2n) is 6.89. The molecule has 1 aliphatic rings. The molecule has 1 amide bonds. The van der Waals surface area contributed by atoms with Crippen molar-refractivity contribution in [2.45, 2.75) is 64.3 Å². The SMILES string of the molecule is Cl.Cl.NCCCCCCC(=O)Nc1ccc(CN2CCCCCC2)cc1. The highest BCUT2D eigenvalue weighted by Gasteiger charge is 2.09. The van der Waals surface area contributed by atoms with Gasteiger partial charge >= 0.3 is 0 Å². The van der Waals surface area contributed by atoms with Crippen molar-refractivity contribution >= 4 is 36.4 Å². The van der Waals surface area contributed by atoms with E-state index in [1.807, 2.05) is 12.1 Å². The van der Waals surface area contributed by atoms with Crippen LogP contribution in [0.3, 0.4) is 0 Å². The molecule has 1 aromatic rings. The van der Waals surface area contributed by atoms with Gasteiger partial charge in [-0.1, -0.05) is 37.8 Å². The van der Waals surface area contributed by atoms with E-state index in [0.717, 1.165) is 44.5 Å². The van der Waals surface area contributed by atoms with Crippen molar-refractivity contribution in [2.24, 2.45) is 5.73 Å². The van der Waals surface area contributed by atoms with Gasteiger partial charge in [-0.2, -0.15) is 0 Å². The molecule has 0 atom stereocenters. The highest BCUT2D eigenvalue weighted by Crippen LogP contribution is 2.16. The molecule has 2 rings (SSSR count). The zero-order valence-electron chi connectivity index (χ0n) is 15.8. The zero-order chi connectivity index (χ0) is 17.0. The highest BCUT2D eigenvalue weighted by molar-refractivity contribution is 5.90. The Balaban J connectivity index is 0.00000312. The Labute approximate surface area is 171 Å². The summed E-state index contributed by atoms with van der Waals surface area (Å²) < 4.78 is 0. The number of nitrogens with zero attached hydrogens (tertiary/aromatic N) is 1. The molecule has 0 spiro atoms. The van der Waals surface area contributed by atoms with Crippen LogP contribution in [0.1, 0.15) is 63.4 Å². The van der Waals surface area contributed by atoms with Crippen LogP contribution in [-0.4, -0.2) is 30.4 Å². The second kappa shape index (κ2) is 15.3. The molecule has 1 aromatic carbocycles. The van der Waals surface area contributed by atoms with Crippen LogP contribution in [0.5, 0.6) is 0 Å². The minimum Gasteiger partial charge on any atom is -0.330 e. The Morgan fingerprint density at radius 3 is 2.15 bits per heavy atom. The van der Waals surface area contributed by atoms with E-state index in [2.05, 4.69) is 22.3 Å². The van der Waals surface area contributed by atoms with Gasteiger partial charge in [0.15, 0.2) is 0 Å². The van der Waals surface area contributed by atoms with Gasteiger partial charge in [-0.15, -0.1) is 24.8 Å². The number of carbonyl (C=O) groups is 1. The monoisotopic (exact) mass is 403 g/mol. The Kier molecular flexibility index (Phi) is 14.8. The third-order valence-electron chi connectivity index (χ3n) is 4.70. The molecule has 3 N–H and O–H groups in total. The molecule has 1 aliphatic heterocycles. The lowest BCUT2D eigenvalue weighted by molar-refractivity contribution is -0.116. The molecule has 0 aromatic heterocycles. The molecule has 0 bridgehead atoms. The lowest BCUT2D eigenvalue weighted by Gasteiger charge is -2.19. The molecule has 0 radical (unpaired) electrons. The van der Waals surface area contributed by atoms with Crippen molar-refractivity contribution in [1.29, 1.82) is 0 Å². The van der Waals surface area contributed by atoms with Crippen LogP contribution in [0, 0.1) is 0 Å². The van der Waals surface area contributed by atoms with Gasteiger partial charge in [0.2, 0.25) is 5.91 Å². The van der Waals surface area contributed by atoms with Crippen LogP contribution >= 0.6 is 24.8 Å². The Hall–Kier alpha value is -0.810. The number of benzene rings is 1. The predicted octanol–water partition coefficient (Wildman–Crippen LogP) is 4.75. The third kappa shape index (κ3) is 10.4. The molecule has 0 aliphatic carbocycles. The standard InChI is InChI=1S/C20H33N3O.2ClH/c21-14-6-2-1-5-9-20(24)22-19-12-10-18(11-13-19)17-23-15-7-3-4-8-16-23;;/h10-13H,1-9,14-17,21H2,(H,22,24);2*1H. The average molecular weight is 404 g/mol. The molecule has 1 saturated heterocycles. The van der Waals surface area contributed by atoms with Crippen molar-refractivity contribution in [3.05, 3.63) is 29.8 Å². The summed E-state index contributed by atoms with van der Waals surface area (Å²) in [6.45, 7) is 4.19. The predicted molar refractivity (Wildman–Crippen MR) is 115 cm³/mol. The van der Waals surface area contributed by atoms with Crippen LogP contribution in [0.4, 0.5) is 5.69 Å². The fourth-order valence-corrected chi connectivity index (χ4v) is 3.25. The van der Waals surface area contributed by atoms with Crippen LogP contribution < -0.4 is 11.1 Å². The minimum absolute atomic E-state index is 0. The summed E-state index contributed by atoms with van der Waals surface area (Å²) in [5, 5.41) is 3.00. The first-order chi connectivity index (χ1) is 11.8. The molecule has 4 nitrogen and oxygen atoms in total. The van der Waals surface area contributed by atoms with Gasteiger partial charge in [-0.3, -0.25) is 9.69 Å². The van der Waals surface area contributed by atoms with Gasteiger partial charge in [0.25, 0.3) is 0 Å². The van der Waals surface area contributed by atoms with Crippen molar-refractivity contribution in [3.63, 3.8) is 0 Å². The first-order valence-corrected chi connectivity index (χ1v) is 9.59. The summed E-state index contributed by atoms with van der Waals surface area (Å²) in [5.74, 6) is 0.114. The van der Waals surface area contributed by atoms with Crippen molar-refractivity contribution in [3.8, 4) is 0 Å². The normalized spacial score (nSPS) is 14.7. The fourth-order valence-electron chi connectivity index (χ4n) is 3.25. The smallest absolute Gasteiger partial charge is 0.224 e. The molecule has 6 heteroatoms. The van der Waals surface area contributed by atoms with Crippen LogP contribution in [0.2, 0.25) is 0 Å². The quantitative estimate of drug-likeness (QED) is 0.584. The van der Waals surface area contributed by atoms with Crippen LogP contribution in [-0.2, 0) is 11.3 Å². The Morgan fingerprint density at radius 2 is 1.54 bits per heavy atom. The number of rotatable bonds is 9. The molecule has 1 fully saturated rings. The zero-order valence-corrected chi connectivity index (χ0v) is 17.4. The van der Waals surface area contributed by atoms with E-state index < -0.39 is 0 Å². The van der Waals surface area contributed by atoms with E-state index in [4.69, 9.17) is 5.73 Å². The third-order valence-corrected chi connectivity index (χ3v) is 4.70. The van der Waals surface area contributed by atoms with Gasteiger partial charge in [-0.05, 0) is 63.0 Å². The van der Waals surface area contributed by atoms with Gasteiger partial charge in [0.1, 0.15) is 0 Å². The second-order valence-corrected chi connectivity index (χ2v) is 6.89. The van der Waals surface area contributed by atoms with Crippen LogP contribution in [0.25, 0.3) is 0 Å². The molecule has 150 valence electrons. The number of carbonyl (C=O) groups excluding carboxylic acids is 1. The highest BCUT2D eigenvalue weighted by atomic mass is 35.5.